The van der Waals surface area contributed by atoms with Crippen LogP contribution in [0.15, 0.2) is 23.5 Å². The van der Waals surface area contributed by atoms with Gasteiger partial charge in [0, 0.05) is 32.0 Å². The molecule has 1 aliphatic rings. The van der Waals surface area contributed by atoms with Gasteiger partial charge in [0.05, 0.1) is 6.54 Å². The number of aromatic nitrogens is 2. The molecule has 0 aliphatic heterocycles. The topological polar surface area (TPSA) is 54.2 Å². The Morgan fingerprint density at radius 3 is 2.71 bits per heavy atom. The molecular weight excluding hydrogens is 262 g/mol. The molecule has 1 saturated carbocycles. The van der Waals surface area contributed by atoms with Crippen molar-refractivity contribution in [3.8, 4) is 0 Å². The lowest BCUT2D eigenvalue weighted by Gasteiger charge is -2.25. The van der Waals surface area contributed by atoms with Crippen molar-refractivity contribution < 1.29 is 0 Å². The zero-order chi connectivity index (χ0) is 15.0. The van der Waals surface area contributed by atoms with Crippen LogP contribution in [0.3, 0.4) is 0 Å². The normalized spacial score (nSPS) is 17.9. The van der Waals surface area contributed by atoms with Crippen LogP contribution in [0, 0.1) is 5.41 Å². The number of rotatable bonds is 7. The van der Waals surface area contributed by atoms with Crippen LogP contribution in [0.4, 0.5) is 0 Å². The smallest absolute Gasteiger partial charge is 0.191 e. The fourth-order valence-electron chi connectivity index (χ4n) is 3.06. The zero-order valence-electron chi connectivity index (χ0n) is 13.4. The van der Waals surface area contributed by atoms with Crippen molar-refractivity contribution in [1.29, 1.82) is 0 Å². The van der Waals surface area contributed by atoms with Gasteiger partial charge in [-0.1, -0.05) is 19.8 Å². The van der Waals surface area contributed by atoms with E-state index >= 15 is 0 Å². The second-order valence-corrected chi connectivity index (χ2v) is 5.95. The van der Waals surface area contributed by atoms with E-state index in [-0.39, 0.29) is 0 Å². The lowest BCUT2D eigenvalue weighted by molar-refractivity contribution is 0.297. The number of hydrogen-bond donors (Lipinski definition) is 2. The molecule has 1 fully saturated rings. The minimum Gasteiger partial charge on any atom is -0.357 e. The average Bonchev–Trinajstić information content (AvgIpc) is 3.17. The fourth-order valence-corrected chi connectivity index (χ4v) is 3.06. The summed E-state index contributed by atoms with van der Waals surface area (Å²) in [5.41, 5.74) is 0.449. The highest BCUT2D eigenvalue weighted by molar-refractivity contribution is 5.79. The summed E-state index contributed by atoms with van der Waals surface area (Å²) < 4.78 is 1.93. The first kappa shape index (κ1) is 15.9. The molecule has 0 spiro atoms. The third kappa shape index (κ3) is 4.76. The molecule has 0 saturated heterocycles. The summed E-state index contributed by atoms with van der Waals surface area (Å²) in [5, 5.41) is 10.9. The monoisotopic (exact) mass is 291 g/mol. The first-order valence-electron chi connectivity index (χ1n) is 8.27. The number of hydrogen-bond acceptors (Lipinski definition) is 2. The van der Waals surface area contributed by atoms with Crippen molar-refractivity contribution in [2.24, 2.45) is 10.4 Å². The van der Waals surface area contributed by atoms with Crippen molar-refractivity contribution >= 4 is 5.96 Å². The summed E-state index contributed by atoms with van der Waals surface area (Å²) in [6, 6.07) is 1.95. The molecule has 0 amide bonds. The third-order valence-electron chi connectivity index (χ3n) is 4.52. The van der Waals surface area contributed by atoms with Gasteiger partial charge in [0.15, 0.2) is 5.96 Å². The predicted molar refractivity (Wildman–Crippen MR) is 87.4 cm³/mol. The van der Waals surface area contributed by atoms with Gasteiger partial charge >= 0.3 is 0 Å². The highest BCUT2D eigenvalue weighted by Gasteiger charge is 2.31. The maximum atomic E-state index is 4.82. The second-order valence-electron chi connectivity index (χ2n) is 5.95. The Hall–Kier alpha value is -1.52. The molecule has 0 radical (unpaired) electrons. The van der Waals surface area contributed by atoms with E-state index in [9.17, 15) is 0 Å². The van der Waals surface area contributed by atoms with Crippen LogP contribution in [0.2, 0.25) is 0 Å². The Morgan fingerprint density at radius 1 is 1.29 bits per heavy atom. The first-order chi connectivity index (χ1) is 10.3. The minimum absolute atomic E-state index is 0.449. The van der Waals surface area contributed by atoms with Gasteiger partial charge in [-0.25, -0.2) is 0 Å². The molecule has 1 aromatic rings. The van der Waals surface area contributed by atoms with E-state index in [0.717, 1.165) is 32.1 Å². The van der Waals surface area contributed by atoms with Gasteiger partial charge in [0.2, 0.25) is 0 Å². The Morgan fingerprint density at radius 2 is 2.10 bits per heavy atom. The highest BCUT2D eigenvalue weighted by Crippen LogP contribution is 2.41. The van der Waals surface area contributed by atoms with E-state index in [1.54, 1.807) is 0 Å². The molecule has 5 nitrogen and oxygen atoms in total. The molecule has 1 aromatic heterocycles. The number of guanidine groups is 1. The quantitative estimate of drug-likeness (QED) is 0.599. The second kappa shape index (κ2) is 8.05. The Labute approximate surface area is 128 Å². The molecule has 0 aromatic carbocycles. The van der Waals surface area contributed by atoms with Crippen molar-refractivity contribution in [2.45, 2.75) is 52.5 Å². The molecule has 1 aliphatic carbocycles. The summed E-state index contributed by atoms with van der Waals surface area (Å²) in [6.45, 7) is 7.95. The van der Waals surface area contributed by atoms with Crippen molar-refractivity contribution in [2.75, 3.05) is 19.6 Å². The molecule has 1 heterocycles. The third-order valence-corrected chi connectivity index (χ3v) is 4.52. The number of nitrogens with one attached hydrogen (secondary N) is 2. The molecule has 0 atom stereocenters. The molecule has 118 valence electrons. The fraction of sp³-hybridized carbons (Fsp3) is 0.750. The van der Waals surface area contributed by atoms with Gasteiger partial charge in [-0.2, -0.15) is 5.10 Å². The van der Waals surface area contributed by atoms with Gasteiger partial charge < -0.3 is 10.6 Å². The number of aliphatic imine (C=N–C) groups is 1. The summed E-state index contributed by atoms with van der Waals surface area (Å²) in [7, 11) is 0. The van der Waals surface area contributed by atoms with E-state index < -0.39 is 0 Å². The predicted octanol–water partition coefficient (Wildman–Crippen LogP) is 2.41. The van der Waals surface area contributed by atoms with Crippen LogP contribution in [-0.4, -0.2) is 35.4 Å². The summed E-state index contributed by atoms with van der Waals surface area (Å²) in [5.74, 6) is 0.935. The molecule has 0 bridgehead atoms. The van der Waals surface area contributed by atoms with E-state index in [0.29, 0.717) is 5.41 Å². The van der Waals surface area contributed by atoms with Crippen LogP contribution in [-0.2, 0) is 6.54 Å². The maximum absolute atomic E-state index is 4.82. The first-order valence-corrected chi connectivity index (χ1v) is 8.27. The molecule has 21 heavy (non-hydrogen) atoms. The average molecular weight is 291 g/mol. The van der Waals surface area contributed by atoms with Gasteiger partial charge in [0.1, 0.15) is 0 Å². The molecule has 2 N–H and O–H groups in total. The minimum atomic E-state index is 0.449. The number of nitrogens with zero attached hydrogens (tertiary/aromatic N) is 3. The summed E-state index contributed by atoms with van der Waals surface area (Å²) in [6.07, 6.45) is 10.4. The van der Waals surface area contributed by atoms with Crippen LogP contribution in [0.25, 0.3) is 0 Å². The van der Waals surface area contributed by atoms with Crippen molar-refractivity contribution in [1.82, 2.24) is 20.4 Å². The lowest BCUT2D eigenvalue weighted by atomic mass is 9.84. The van der Waals surface area contributed by atoms with E-state index in [2.05, 4.69) is 29.6 Å². The Bertz CT molecular complexity index is 418. The summed E-state index contributed by atoms with van der Waals surface area (Å²) in [4.78, 5) is 4.82. The lowest BCUT2D eigenvalue weighted by Crippen LogP contribution is -2.39. The SMILES string of the molecule is CCNC(=NCC1(CC)CCCC1)NCCn1cccn1. The molecule has 5 heteroatoms. The van der Waals surface area contributed by atoms with Gasteiger partial charge in [0.25, 0.3) is 0 Å². The highest BCUT2D eigenvalue weighted by atomic mass is 15.3. The van der Waals surface area contributed by atoms with E-state index in [1.165, 1.54) is 32.1 Å². The molecule has 2 rings (SSSR count). The van der Waals surface area contributed by atoms with E-state index in [1.807, 2.05) is 23.1 Å². The van der Waals surface area contributed by atoms with Crippen LogP contribution in [0.1, 0.15) is 46.0 Å². The van der Waals surface area contributed by atoms with Crippen molar-refractivity contribution in [3.05, 3.63) is 18.5 Å². The van der Waals surface area contributed by atoms with Gasteiger partial charge in [-0.05, 0) is 37.7 Å². The molecular formula is C16H29N5. The van der Waals surface area contributed by atoms with Gasteiger partial charge in [-0.3, -0.25) is 9.67 Å². The molecule has 0 unspecified atom stereocenters. The van der Waals surface area contributed by atoms with Crippen molar-refractivity contribution in [3.63, 3.8) is 0 Å². The van der Waals surface area contributed by atoms with Gasteiger partial charge in [-0.15, -0.1) is 0 Å². The largest absolute Gasteiger partial charge is 0.357 e. The maximum Gasteiger partial charge on any atom is 0.191 e. The van der Waals surface area contributed by atoms with Crippen LogP contribution >= 0.6 is 0 Å². The standard InChI is InChI=1S/C16H29N5/c1-3-16(8-5-6-9-16)14-19-15(17-4-2)18-11-13-21-12-7-10-20-21/h7,10,12H,3-6,8-9,11,13-14H2,1-2H3,(H2,17,18,19). The zero-order valence-corrected chi connectivity index (χ0v) is 13.4. The summed E-state index contributed by atoms with van der Waals surface area (Å²) >= 11 is 0. The van der Waals surface area contributed by atoms with E-state index in [4.69, 9.17) is 4.99 Å². The Balaban J connectivity index is 1.83. The van der Waals surface area contributed by atoms with Crippen LogP contribution in [0.5, 0.6) is 0 Å². The van der Waals surface area contributed by atoms with Crippen LogP contribution < -0.4 is 10.6 Å². The Kier molecular flexibility index (Phi) is 6.08.